The lowest BCUT2D eigenvalue weighted by atomic mass is 10.6. The molecule has 0 heterocycles. The van der Waals surface area contributed by atoms with Crippen LogP contribution in [0.5, 0.6) is 0 Å². The quantitative estimate of drug-likeness (QED) is 0.382. The molecule has 0 aliphatic rings. The Balaban J connectivity index is 3.34. The molecule has 0 aromatic carbocycles. The zero-order valence-corrected chi connectivity index (χ0v) is 5.57. The first-order valence-electron chi connectivity index (χ1n) is 2.20. The summed E-state index contributed by atoms with van der Waals surface area (Å²) in [6.45, 7) is 4.35. The molecule has 0 bridgehead atoms. The molecule has 0 aromatic heterocycles. The average Bonchev–Trinajstić information content (AvgIpc) is 1.30. The minimum Gasteiger partial charge on any atom is -0.224 e. The zero-order valence-electron chi connectivity index (χ0n) is 4.82. The third-order valence-corrected chi connectivity index (χ3v) is 0.701. The summed E-state index contributed by atoms with van der Waals surface area (Å²) >= 11 is 5.70. The van der Waals surface area contributed by atoms with E-state index in [1.54, 1.807) is 6.08 Å². The lowest BCUT2D eigenvalue weighted by Crippen LogP contribution is -2.27. The molecule has 7 heavy (non-hydrogen) atoms. The summed E-state index contributed by atoms with van der Waals surface area (Å²) < 4.78 is 0.448. The highest BCUT2D eigenvalue weighted by Gasteiger charge is 2.05. The van der Waals surface area contributed by atoms with Crippen LogP contribution >= 0.6 is 11.8 Å². The minimum atomic E-state index is 0.448. The zero-order chi connectivity index (χ0) is 5.91. The summed E-state index contributed by atoms with van der Waals surface area (Å²) in [5.74, 6) is 0. The fraction of sp³-hybridized carbons (Fsp3) is 0.600. The first-order valence-corrected chi connectivity index (χ1v) is 2.53. The highest BCUT2D eigenvalue weighted by molar-refractivity contribution is 6.06. The molecule has 0 N–H and O–H groups in total. The molecule has 0 radical (unpaired) electrons. The van der Waals surface area contributed by atoms with Crippen LogP contribution in [0.25, 0.3) is 0 Å². The Morgan fingerprint density at radius 1 is 1.71 bits per heavy atom. The highest BCUT2D eigenvalue weighted by atomic mass is 35.5. The molecule has 0 spiro atoms. The van der Waals surface area contributed by atoms with Crippen molar-refractivity contribution in [3.63, 3.8) is 0 Å². The number of nitrogens with zero attached hydrogens (tertiary/aromatic N) is 1. The van der Waals surface area contributed by atoms with Crippen molar-refractivity contribution in [1.82, 2.24) is 0 Å². The van der Waals surface area contributed by atoms with E-state index in [0.29, 0.717) is 4.00 Å². The molecule has 0 saturated carbocycles. The van der Waals surface area contributed by atoms with Crippen molar-refractivity contribution in [2.24, 2.45) is 0 Å². The molecular weight excluding hydrogens is 110 g/mol. The SMILES string of the molecule is C=CC[N+](C)(C)Cl. The van der Waals surface area contributed by atoms with Crippen molar-refractivity contribution in [2.45, 2.75) is 0 Å². The lowest BCUT2D eigenvalue weighted by Gasteiger charge is -2.14. The van der Waals surface area contributed by atoms with Gasteiger partial charge in [-0.1, -0.05) is 6.58 Å². The Morgan fingerprint density at radius 3 is 2.14 bits per heavy atom. The van der Waals surface area contributed by atoms with E-state index in [1.165, 1.54) is 0 Å². The Labute approximate surface area is 49.9 Å². The van der Waals surface area contributed by atoms with Crippen LogP contribution in [0.15, 0.2) is 12.7 Å². The van der Waals surface area contributed by atoms with Gasteiger partial charge < -0.3 is 0 Å². The number of quaternary nitrogens is 1. The molecule has 0 aromatic rings. The Kier molecular flexibility index (Phi) is 2.33. The predicted octanol–water partition coefficient (Wildman–Crippen LogP) is 1.40. The Morgan fingerprint density at radius 2 is 2.14 bits per heavy atom. The molecule has 0 aliphatic carbocycles. The average molecular weight is 121 g/mol. The van der Waals surface area contributed by atoms with Crippen LogP contribution in [0.1, 0.15) is 0 Å². The van der Waals surface area contributed by atoms with Gasteiger partial charge in [-0.2, -0.15) is 0 Å². The maximum atomic E-state index is 5.70. The van der Waals surface area contributed by atoms with E-state index in [9.17, 15) is 0 Å². The van der Waals surface area contributed by atoms with Gasteiger partial charge in [0, 0.05) is 0 Å². The van der Waals surface area contributed by atoms with Crippen molar-refractivity contribution in [3.05, 3.63) is 12.7 Å². The van der Waals surface area contributed by atoms with Gasteiger partial charge in [0.15, 0.2) is 11.8 Å². The maximum absolute atomic E-state index is 5.70. The van der Waals surface area contributed by atoms with Gasteiger partial charge in [-0.05, 0) is 6.08 Å². The van der Waals surface area contributed by atoms with Crippen molar-refractivity contribution >= 4 is 11.8 Å². The lowest BCUT2D eigenvalue weighted by molar-refractivity contribution is -0.764. The van der Waals surface area contributed by atoms with Gasteiger partial charge in [0.2, 0.25) is 0 Å². The number of hydrogen-bond donors (Lipinski definition) is 0. The van der Waals surface area contributed by atoms with Crippen molar-refractivity contribution < 1.29 is 4.00 Å². The second-order valence-electron chi connectivity index (χ2n) is 2.01. The van der Waals surface area contributed by atoms with Gasteiger partial charge >= 0.3 is 0 Å². The fourth-order valence-corrected chi connectivity index (χ4v) is 0.405. The van der Waals surface area contributed by atoms with Gasteiger partial charge in [0.05, 0.1) is 14.1 Å². The molecule has 0 aliphatic heterocycles. The third-order valence-electron chi connectivity index (χ3n) is 0.563. The fourth-order valence-electron chi connectivity index (χ4n) is 0.307. The van der Waals surface area contributed by atoms with Crippen molar-refractivity contribution in [2.75, 3.05) is 20.6 Å². The smallest absolute Gasteiger partial charge is 0.165 e. The van der Waals surface area contributed by atoms with Crippen LogP contribution in [-0.4, -0.2) is 24.6 Å². The monoisotopic (exact) mass is 120 g/mol. The van der Waals surface area contributed by atoms with E-state index in [1.807, 2.05) is 14.1 Å². The minimum absolute atomic E-state index is 0.448. The van der Waals surface area contributed by atoms with E-state index in [4.69, 9.17) is 11.8 Å². The topological polar surface area (TPSA) is 0 Å². The second-order valence-corrected chi connectivity index (χ2v) is 2.92. The molecule has 2 heteroatoms. The summed E-state index contributed by atoms with van der Waals surface area (Å²) in [5.41, 5.74) is 0. The van der Waals surface area contributed by atoms with Gasteiger partial charge in [-0.15, -0.1) is 0 Å². The number of hydrogen-bond acceptors (Lipinski definition) is 0. The first-order chi connectivity index (χ1) is 3.06. The summed E-state index contributed by atoms with van der Waals surface area (Å²) in [6.07, 6.45) is 1.80. The molecule has 0 amide bonds. The standard InChI is InChI=1S/C5H11ClN/c1-4-5-7(2,3)6/h4H,1,5H2,2-3H3/q+1. The summed E-state index contributed by atoms with van der Waals surface area (Å²) in [4.78, 5) is 0. The van der Waals surface area contributed by atoms with Crippen LogP contribution in [0.2, 0.25) is 0 Å². The number of halogens is 1. The summed E-state index contributed by atoms with van der Waals surface area (Å²) in [6, 6.07) is 0. The molecule has 0 unspecified atom stereocenters. The van der Waals surface area contributed by atoms with Crippen molar-refractivity contribution in [3.8, 4) is 0 Å². The molecular formula is C5H11ClN+. The number of likely N-dealkylation sites (N-methyl/N-ethyl adjacent to an activating group) is 1. The predicted molar refractivity (Wildman–Crippen MR) is 33.0 cm³/mol. The molecule has 42 valence electrons. The second kappa shape index (κ2) is 2.34. The molecule has 0 rings (SSSR count). The summed E-state index contributed by atoms with van der Waals surface area (Å²) in [5, 5.41) is 0. The van der Waals surface area contributed by atoms with Gasteiger partial charge in [0.1, 0.15) is 6.54 Å². The van der Waals surface area contributed by atoms with Crippen LogP contribution in [-0.2, 0) is 0 Å². The molecule has 0 fully saturated rings. The van der Waals surface area contributed by atoms with Gasteiger partial charge in [-0.3, -0.25) is 0 Å². The van der Waals surface area contributed by atoms with E-state index in [2.05, 4.69) is 6.58 Å². The van der Waals surface area contributed by atoms with Crippen LogP contribution < -0.4 is 0 Å². The third kappa shape index (κ3) is 5.99. The van der Waals surface area contributed by atoms with E-state index in [0.717, 1.165) is 6.54 Å². The summed E-state index contributed by atoms with van der Waals surface area (Å²) in [7, 11) is 3.81. The number of rotatable bonds is 2. The largest absolute Gasteiger partial charge is 0.224 e. The van der Waals surface area contributed by atoms with E-state index in [-0.39, 0.29) is 0 Å². The van der Waals surface area contributed by atoms with Gasteiger partial charge in [-0.25, -0.2) is 4.00 Å². The molecule has 0 atom stereocenters. The van der Waals surface area contributed by atoms with Crippen LogP contribution in [0.4, 0.5) is 0 Å². The van der Waals surface area contributed by atoms with Gasteiger partial charge in [0.25, 0.3) is 0 Å². The molecule has 0 saturated heterocycles. The first kappa shape index (κ1) is 6.99. The normalized spacial score (nSPS) is 11.3. The van der Waals surface area contributed by atoms with E-state index >= 15 is 0 Å². The van der Waals surface area contributed by atoms with E-state index < -0.39 is 0 Å². The highest BCUT2D eigenvalue weighted by Crippen LogP contribution is 1.99. The van der Waals surface area contributed by atoms with Crippen LogP contribution in [0.3, 0.4) is 0 Å². The van der Waals surface area contributed by atoms with Crippen LogP contribution in [0, 0.1) is 0 Å². The van der Waals surface area contributed by atoms with Crippen molar-refractivity contribution in [1.29, 1.82) is 0 Å². The molecule has 1 nitrogen and oxygen atoms in total. The Hall–Kier alpha value is -0.0100. The Bertz CT molecular complexity index is 63.0. The maximum Gasteiger partial charge on any atom is 0.165 e.